The third kappa shape index (κ3) is 8.04. The molecule has 2 aromatic rings. The van der Waals surface area contributed by atoms with Gasteiger partial charge in [-0.05, 0) is 50.9 Å². The first-order valence-corrected chi connectivity index (χ1v) is 16.3. The molecule has 1 saturated heterocycles. The SMILES string of the molecule is CC(OC(=O)C1=C(CSc2nnnn2CCN(C)C)CS[C@@H]2[C@H](NC(=O)Cc3csc(N)n3)C(=O)N12)OC(=O)C(C)(C)C. The van der Waals surface area contributed by atoms with Crippen LogP contribution in [0.25, 0.3) is 0 Å². The summed E-state index contributed by atoms with van der Waals surface area (Å²) in [5, 5.41) is 16.7. The number of nitrogens with one attached hydrogen (secondary N) is 1. The van der Waals surface area contributed by atoms with Crippen molar-refractivity contribution in [1.82, 2.24) is 40.3 Å². The van der Waals surface area contributed by atoms with E-state index in [9.17, 15) is 19.2 Å². The highest BCUT2D eigenvalue weighted by Crippen LogP contribution is 2.42. The molecule has 2 amide bonds. The molecule has 0 bridgehead atoms. The van der Waals surface area contributed by atoms with E-state index in [4.69, 9.17) is 15.2 Å². The normalized spacial score (nSPS) is 19.1. The van der Waals surface area contributed by atoms with Crippen LogP contribution >= 0.6 is 34.9 Å². The van der Waals surface area contributed by atoms with Gasteiger partial charge < -0.3 is 25.4 Å². The topological polar surface area (TPSA) is 188 Å². The van der Waals surface area contributed by atoms with E-state index in [1.165, 1.54) is 46.7 Å². The van der Waals surface area contributed by atoms with E-state index in [2.05, 4.69) is 25.8 Å². The second-order valence-electron chi connectivity index (χ2n) is 11.2. The Morgan fingerprint density at radius 2 is 2.02 bits per heavy atom. The maximum absolute atomic E-state index is 13.5. The molecule has 2 aliphatic rings. The van der Waals surface area contributed by atoms with Gasteiger partial charge in [0, 0.05) is 30.4 Å². The molecule has 1 unspecified atom stereocenters. The van der Waals surface area contributed by atoms with Crippen LogP contribution in [0.4, 0.5) is 5.13 Å². The van der Waals surface area contributed by atoms with E-state index in [1.54, 1.807) is 30.8 Å². The number of likely N-dealkylation sites (N-methyl/N-ethyl adjacent to an activating group) is 1. The minimum atomic E-state index is -1.19. The second kappa shape index (κ2) is 13.6. The highest BCUT2D eigenvalue weighted by atomic mass is 32.2. The monoisotopic (exact) mass is 653 g/mol. The third-order valence-electron chi connectivity index (χ3n) is 6.26. The first-order valence-electron chi connectivity index (χ1n) is 13.4. The van der Waals surface area contributed by atoms with Crippen molar-refractivity contribution >= 4 is 63.7 Å². The molecule has 0 aliphatic carbocycles. The lowest BCUT2D eigenvalue weighted by molar-refractivity contribution is -0.190. The van der Waals surface area contributed by atoms with E-state index >= 15 is 0 Å². The zero-order valence-corrected chi connectivity index (χ0v) is 27.2. The van der Waals surface area contributed by atoms with Crippen molar-refractivity contribution in [3.63, 3.8) is 0 Å². The van der Waals surface area contributed by atoms with Gasteiger partial charge in [0.2, 0.25) is 17.4 Å². The van der Waals surface area contributed by atoms with Crippen molar-refractivity contribution in [2.24, 2.45) is 5.41 Å². The Bertz CT molecular complexity index is 1400. The summed E-state index contributed by atoms with van der Waals surface area (Å²) in [6.07, 6.45) is -1.22. The number of thiazole rings is 1. The Labute approximate surface area is 261 Å². The fourth-order valence-corrected chi connectivity index (χ4v) is 6.97. The Balaban J connectivity index is 1.51. The molecular formula is C25H35N9O6S3. The predicted molar refractivity (Wildman–Crippen MR) is 160 cm³/mol. The summed E-state index contributed by atoms with van der Waals surface area (Å²) in [4.78, 5) is 59.3. The molecule has 15 nitrogen and oxygen atoms in total. The summed E-state index contributed by atoms with van der Waals surface area (Å²) in [5.41, 5.74) is 6.05. The number of hydrogen-bond donors (Lipinski definition) is 2. The Morgan fingerprint density at radius 3 is 2.67 bits per heavy atom. The van der Waals surface area contributed by atoms with Crippen molar-refractivity contribution in [3.05, 3.63) is 22.3 Å². The minimum absolute atomic E-state index is 0.0271. The van der Waals surface area contributed by atoms with Gasteiger partial charge in [-0.15, -0.1) is 28.2 Å². The van der Waals surface area contributed by atoms with Crippen molar-refractivity contribution in [3.8, 4) is 0 Å². The van der Waals surface area contributed by atoms with Crippen LogP contribution in [0.1, 0.15) is 33.4 Å². The quantitative estimate of drug-likeness (QED) is 0.141. The molecule has 4 rings (SSSR count). The van der Waals surface area contributed by atoms with Crippen molar-refractivity contribution < 1.29 is 28.7 Å². The molecule has 0 aromatic carbocycles. The number of esters is 2. The summed E-state index contributed by atoms with van der Waals surface area (Å²) in [7, 11) is 3.90. The molecule has 1 fully saturated rings. The highest BCUT2D eigenvalue weighted by molar-refractivity contribution is 8.01. The number of ether oxygens (including phenoxy) is 2. The van der Waals surface area contributed by atoms with E-state index in [-0.39, 0.29) is 18.0 Å². The molecular weight excluding hydrogens is 619 g/mol. The zero-order chi connectivity index (χ0) is 31.5. The van der Waals surface area contributed by atoms with Crippen molar-refractivity contribution in [2.45, 2.75) is 63.5 Å². The van der Waals surface area contributed by atoms with Crippen LogP contribution in [0.15, 0.2) is 21.8 Å². The summed E-state index contributed by atoms with van der Waals surface area (Å²) in [5.74, 6) is -1.49. The van der Waals surface area contributed by atoms with Gasteiger partial charge in [-0.25, -0.2) is 14.5 Å². The van der Waals surface area contributed by atoms with Crippen LogP contribution in [-0.2, 0) is 41.6 Å². The molecule has 2 aromatic heterocycles. The largest absolute Gasteiger partial charge is 0.425 e. The molecule has 3 atom stereocenters. The Morgan fingerprint density at radius 1 is 1.28 bits per heavy atom. The number of rotatable bonds is 12. The summed E-state index contributed by atoms with van der Waals surface area (Å²) in [6, 6.07) is -0.833. The third-order valence-corrected chi connectivity index (χ3v) is 9.37. The number of carbonyl (C=O) groups excluding carboxylic acids is 4. The van der Waals surface area contributed by atoms with Gasteiger partial charge in [0.1, 0.15) is 17.1 Å². The number of carbonyl (C=O) groups is 4. The number of thioether (sulfide) groups is 2. The van der Waals surface area contributed by atoms with Crippen LogP contribution < -0.4 is 11.1 Å². The number of nitrogens with zero attached hydrogens (tertiary/aromatic N) is 7. The number of anilines is 1. The average molecular weight is 654 g/mol. The van der Waals surface area contributed by atoms with E-state index < -0.39 is 41.0 Å². The molecule has 0 saturated carbocycles. The fourth-order valence-electron chi connectivity index (χ4n) is 4.02. The lowest BCUT2D eigenvalue weighted by atomic mass is 9.97. The van der Waals surface area contributed by atoms with Gasteiger partial charge >= 0.3 is 11.9 Å². The van der Waals surface area contributed by atoms with E-state index in [0.29, 0.717) is 39.6 Å². The first kappa shape index (κ1) is 32.7. The van der Waals surface area contributed by atoms with Crippen LogP contribution in [-0.4, -0.2) is 109 Å². The van der Waals surface area contributed by atoms with Crippen molar-refractivity contribution in [2.75, 3.05) is 37.9 Å². The second-order valence-corrected chi connectivity index (χ2v) is 14.1. The number of nitrogens with two attached hydrogens (primary N) is 1. The number of hydrogen-bond acceptors (Lipinski definition) is 15. The average Bonchev–Trinajstić information content (AvgIpc) is 3.55. The lowest BCUT2D eigenvalue weighted by Crippen LogP contribution is -2.70. The van der Waals surface area contributed by atoms with Gasteiger partial charge in [0.05, 0.1) is 24.1 Å². The fraction of sp³-hybridized carbons (Fsp3) is 0.600. The molecule has 0 radical (unpaired) electrons. The maximum Gasteiger partial charge on any atom is 0.358 e. The standard InChI is InChI=1S/C25H35N9O6S3/c1-13(40-22(38)25(2,3)4)39-21(37)18-14(11-43-24-29-30-31-33(24)8-7-32(5)6)10-41-20-17(19(36)34(18)20)28-16(35)9-15-12-42-23(26)27-15/h12-13,17,20H,7-11H2,1-6H3,(H2,26,27)(H,28,35)/t13?,17-,20-/m1/s1. The molecule has 3 N–H and O–H groups in total. The lowest BCUT2D eigenvalue weighted by Gasteiger charge is -2.49. The van der Waals surface area contributed by atoms with Gasteiger partial charge in [-0.3, -0.25) is 19.3 Å². The number of β-lactam (4-membered cyclic amide) rings is 1. The van der Waals surface area contributed by atoms with Crippen LogP contribution in [0.2, 0.25) is 0 Å². The molecule has 43 heavy (non-hydrogen) atoms. The summed E-state index contributed by atoms with van der Waals surface area (Å²) < 4.78 is 12.5. The zero-order valence-electron chi connectivity index (χ0n) is 24.7. The van der Waals surface area contributed by atoms with Gasteiger partial charge in [0.25, 0.3) is 5.91 Å². The number of nitrogen functional groups attached to an aromatic ring is 1. The van der Waals surface area contributed by atoms with Crippen molar-refractivity contribution in [1.29, 1.82) is 0 Å². The van der Waals surface area contributed by atoms with Gasteiger partial charge in [0.15, 0.2) is 5.13 Å². The summed E-state index contributed by atoms with van der Waals surface area (Å²) >= 11 is 3.98. The molecule has 4 heterocycles. The number of amides is 2. The number of fused-ring (bicyclic) bond motifs is 1. The predicted octanol–water partition coefficient (Wildman–Crippen LogP) is 0.741. The maximum atomic E-state index is 13.5. The minimum Gasteiger partial charge on any atom is -0.425 e. The number of tetrazole rings is 1. The molecule has 2 aliphatic heterocycles. The Kier molecular flexibility index (Phi) is 10.3. The van der Waals surface area contributed by atoms with E-state index in [0.717, 1.165) is 6.54 Å². The van der Waals surface area contributed by atoms with Gasteiger partial charge in [-0.2, -0.15) is 0 Å². The van der Waals surface area contributed by atoms with Gasteiger partial charge in [-0.1, -0.05) is 11.8 Å². The summed E-state index contributed by atoms with van der Waals surface area (Å²) in [6.45, 7) is 7.81. The first-order chi connectivity index (χ1) is 20.2. The van der Waals surface area contributed by atoms with E-state index in [1.807, 2.05) is 19.0 Å². The smallest absolute Gasteiger partial charge is 0.358 e. The Hall–Kier alpha value is -3.22. The van der Waals surface area contributed by atoms with Crippen LogP contribution in [0.3, 0.4) is 0 Å². The molecule has 234 valence electrons. The highest BCUT2D eigenvalue weighted by Gasteiger charge is 2.54. The van der Waals surface area contributed by atoms with Crippen LogP contribution in [0, 0.1) is 5.41 Å². The number of aromatic nitrogens is 5. The van der Waals surface area contributed by atoms with Crippen LogP contribution in [0.5, 0.6) is 0 Å². The molecule has 18 heteroatoms. The molecule has 0 spiro atoms.